The molecule has 5 nitrogen and oxygen atoms in total. The Morgan fingerprint density at radius 2 is 2.33 bits per heavy atom. The summed E-state index contributed by atoms with van der Waals surface area (Å²) in [5.74, 6) is 0.229. The lowest BCUT2D eigenvalue weighted by molar-refractivity contribution is -0.134. The number of nitrogens with zero attached hydrogens (tertiary/aromatic N) is 2. The van der Waals surface area contributed by atoms with Gasteiger partial charge in [-0.25, -0.2) is 0 Å². The maximum absolute atomic E-state index is 12.3. The van der Waals surface area contributed by atoms with Crippen LogP contribution in [0.5, 0.6) is 0 Å². The van der Waals surface area contributed by atoms with Crippen molar-refractivity contribution in [2.45, 2.75) is 44.2 Å². The van der Waals surface area contributed by atoms with Crippen LogP contribution in [0.3, 0.4) is 0 Å². The van der Waals surface area contributed by atoms with Crippen LogP contribution in [0, 0.1) is 0 Å². The highest BCUT2D eigenvalue weighted by Gasteiger charge is 2.29. The Kier molecular flexibility index (Phi) is 3.32. The van der Waals surface area contributed by atoms with Crippen LogP contribution in [0.1, 0.15) is 43.7 Å². The number of aromatic nitrogens is 2. The van der Waals surface area contributed by atoms with Crippen molar-refractivity contribution in [2.24, 2.45) is 0 Å². The zero-order chi connectivity index (χ0) is 12.4. The van der Waals surface area contributed by atoms with Crippen LogP contribution >= 0.6 is 0 Å². The zero-order valence-electron chi connectivity index (χ0n) is 10.6. The first kappa shape index (κ1) is 11.7. The molecule has 0 radical (unpaired) electrons. The quantitative estimate of drug-likeness (QED) is 0.842. The third kappa shape index (κ3) is 2.56. The number of hydrogen-bond donors (Lipinski definition) is 2. The number of aromatic amines is 1. The van der Waals surface area contributed by atoms with E-state index in [-0.39, 0.29) is 11.9 Å². The maximum Gasteiger partial charge on any atom is 0.237 e. The van der Waals surface area contributed by atoms with Gasteiger partial charge in [0.15, 0.2) is 0 Å². The number of carbonyl (C=O) groups is 1. The monoisotopic (exact) mass is 248 g/mol. The fourth-order valence-corrected chi connectivity index (χ4v) is 2.64. The number of piperidine rings is 1. The van der Waals surface area contributed by atoms with E-state index in [4.69, 9.17) is 0 Å². The van der Waals surface area contributed by atoms with Crippen LogP contribution in [-0.4, -0.2) is 40.1 Å². The Labute approximate surface area is 107 Å². The smallest absolute Gasteiger partial charge is 0.237 e. The Balaban J connectivity index is 1.64. The van der Waals surface area contributed by atoms with E-state index in [1.54, 1.807) is 0 Å². The minimum absolute atomic E-state index is 0.214. The van der Waals surface area contributed by atoms with Crippen molar-refractivity contribution in [3.05, 3.63) is 18.0 Å². The number of hydrogen-bond acceptors (Lipinski definition) is 3. The fraction of sp³-hybridized carbons (Fsp3) is 0.692. The van der Waals surface area contributed by atoms with Gasteiger partial charge in [-0.2, -0.15) is 5.10 Å². The van der Waals surface area contributed by atoms with Crippen LogP contribution in [0.25, 0.3) is 0 Å². The SMILES string of the molecule is O=C(CNC1CC1)N1CCCC[C@@H]1c1cn[nH]c1. The molecular weight excluding hydrogens is 228 g/mol. The summed E-state index contributed by atoms with van der Waals surface area (Å²) in [6.07, 6.45) is 9.54. The summed E-state index contributed by atoms with van der Waals surface area (Å²) >= 11 is 0. The molecule has 2 N–H and O–H groups in total. The summed E-state index contributed by atoms with van der Waals surface area (Å²) in [4.78, 5) is 14.3. The van der Waals surface area contributed by atoms with Gasteiger partial charge in [0, 0.05) is 24.3 Å². The molecule has 0 aromatic carbocycles. The summed E-state index contributed by atoms with van der Waals surface area (Å²) in [5.41, 5.74) is 1.13. The Morgan fingerprint density at radius 1 is 1.44 bits per heavy atom. The second-order valence-electron chi connectivity index (χ2n) is 5.29. The molecule has 1 saturated heterocycles. The molecule has 0 bridgehead atoms. The van der Waals surface area contributed by atoms with Crippen LogP contribution in [0.4, 0.5) is 0 Å². The van der Waals surface area contributed by atoms with Crippen molar-refractivity contribution in [3.8, 4) is 0 Å². The van der Waals surface area contributed by atoms with Gasteiger partial charge in [-0.1, -0.05) is 0 Å². The molecule has 1 atom stereocenters. The summed E-state index contributed by atoms with van der Waals surface area (Å²) in [6, 6.07) is 0.803. The third-order valence-electron chi connectivity index (χ3n) is 3.85. The lowest BCUT2D eigenvalue weighted by atomic mass is 9.97. The van der Waals surface area contributed by atoms with E-state index in [9.17, 15) is 4.79 Å². The molecule has 1 saturated carbocycles. The van der Waals surface area contributed by atoms with Gasteiger partial charge in [0.05, 0.1) is 18.8 Å². The van der Waals surface area contributed by atoms with Gasteiger partial charge in [-0.05, 0) is 32.1 Å². The molecule has 18 heavy (non-hydrogen) atoms. The summed E-state index contributed by atoms with van der Waals surface area (Å²) in [7, 11) is 0. The van der Waals surface area contributed by atoms with E-state index in [0.29, 0.717) is 12.6 Å². The highest BCUT2D eigenvalue weighted by Crippen LogP contribution is 2.30. The molecule has 1 aliphatic carbocycles. The first-order valence-electron chi connectivity index (χ1n) is 6.86. The fourth-order valence-electron chi connectivity index (χ4n) is 2.64. The van der Waals surface area contributed by atoms with Crippen molar-refractivity contribution in [1.29, 1.82) is 0 Å². The predicted octanol–water partition coefficient (Wildman–Crippen LogP) is 1.22. The molecule has 3 rings (SSSR count). The standard InChI is InChI=1S/C13H20N4O/c18-13(9-14-11-4-5-11)17-6-2-1-3-12(17)10-7-15-16-8-10/h7-8,11-12,14H,1-6,9H2,(H,15,16)/t12-/m1/s1. The van der Waals surface area contributed by atoms with Crippen LogP contribution in [0.15, 0.2) is 12.4 Å². The predicted molar refractivity (Wildman–Crippen MR) is 67.9 cm³/mol. The minimum Gasteiger partial charge on any atom is -0.334 e. The van der Waals surface area contributed by atoms with E-state index in [0.717, 1.165) is 24.9 Å². The highest BCUT2D eigenvalue weighted by molar-refractivity contribution is 5.79. The number of likely N-dealkylation sites (tertiary alicyclic amines) is 1. The second-order valence-corrected chi connectivity index (χ2v) is 5.29. The van der Waals surface area contributed by atoms with Gasteiger partial charge >= 0.3 is 0 Å². The number of H-pyrrole nitrogens is 1. The molecule has 0 spiro atoms. The van der Waals surface area contributed by atoms with Gasteiger partial charge in [0.25, 0.3) is 0 Å². The second kappa shape index (κ2) is 5.10. The number of nitrogens with one attached hydrogen (secondary N) is 2. The van der Waals surface area contributed by atoms with Gasteiger partial charge in [-0.15, -0.1) is 0 Å². The van der Waals surface area contributed by atoms with Crippen molar-refractivity contribution in [1.82, 2.24) is 20.4 Å². The largest absolute Gasteiger partial charge is 0.334 e. The maximum atomic E-state index is 12.3. The average Bonchev–Trinajstić information content (AvgIpc) is 3.08. The summed E-state index contributed by atoms with van der Waals surface area (Å²) in [6.45, 7) is 1.36. The van der Waals surface area contributed by atoms with E-state index in [1.165, 1.54) is 19.3 Å². The molecule has 98 valence electrons. The molecule has 2 aliphatic rings. The summed E-state index contributed by atoms with van der Waals surface area (Å²) in [5, 5.41) is 10.1. The number of carbonyl (C=O) groups excluding carboxylic acids is 1. The lowest BCUT2D eigenvalue weighted by Gasteiger charge is -2.35. The normalized spacial score (nSPS) is 24.2. The third-order valence-corrected chi connectivity index (χ3v) is 3.85. The van der Waals surface area contributed by atoms with Gasteiger partial charge in [0.1, 0.15) is 0 Å². The first-order chi connectivity index (χ1) is 8.84. The number of amides is 1. The molecule has 0 unspecified atom stereocenters. The molecule has 1 aromatic rings. The van der Waals surface area contributed by atoms with E-state index in [2.05, 4.69) is 15.5 Å². The average molecular weight is 248 g/mol. The Hall–Kier alpha value is -1.36. The first-order valence-corrected chi connectivity index (χ1v) is 6.86. The molecular formula is C13H20N4O. The Morgan fingerprint density at radius 3 is 3.06 bits per heavy atom. The van der Waals surface area contributed by atoms with Gasteiger partial charge in [0.2, 0.25) is 5.91 Å². The topological polar surface area (TPSA) is 61.0 Å². The molecule has 5 heteroatoms. The molecule has 1 aromatic heterocycles. The van der Waals surface area contributed by atoms with Crippen molar-refractivity contribution in [3.63, 3.8) is 0 Å². The van der Waals surface area contributed by atoms with Gasteiger partial charge < -0.3 is 10.2 Å². The summed E-state index contributed by atoms with van der Waals surface area (Å²) < 4.78 is 0. The van der Waals surface area contributed by atoms with Crippen LogP contribution in [0.2, 0.25) is 0 Å². The zero-order valence-corrected chi connectivity index (χ0v) is 10.6. The molecule has 1 amide bonds. The van der Waals surface area contributed by atoms with Gasteiger partial charge in [-0.3, -0.25) is 9.89 Å². The van der Waals surface area contributed by atoms with Crippen molar-refractivity contribution in [2.75, 3.05) is 13.1 Å². The van der Waals surface area contributed by atoms with E-state index < -0.39 is 0 Å². The van der Waals surface area contributed by atoms with Crippen LogP contribution in [-0.2, 0) is 4.79 Å². The van der Waals surface area contributed by atoms with Crippen molar-refractivity contribution >= 4 is 5.91 Å². The van der Waals surface area contributed by atoms with Crippen molar-refractivity contribution < 1.29 is 4.79 Å². The molecule has 2 heterocycles. The molecule has 2 fully saturated rings. The minimum atomic E-state index is 0.214. The lowest BCUT2D eigenvalue weighted by Crippen LogP contribution is -2.43. The van der Waals surface area contributed by atoms with E-state index >= 15 is 0 Å². The van der Waals surface area contributed by atoms with E-state index in [1.807, 2.05) is 17.3 Å². The highest BCUT2D eigenvalue weighted by atomic mass is 16.2. The Bertz CT molecular complexity index is 399. The molecule has 1 aliphatic heterocycles. The van der Waals surface area contributed by atoms with Crippen LogP contribution < -0.4 is 5.32 Å². The number of rotatable bonds is 4.